The molecule has 4 aromatic rings. The van der Waals surface area contributed by atoms with Crippen LogP contribution in [-0.2, 0) is 28.4 Å². The van der Waals surface area contributed by atoms with E-state index in [0.29, 0.717) is 25.6 Å². The highest BCUT2D eigenvalue weighted by Gasteiger charge is 2.36. The van der Waals surface area contributed by atoms with Gasteiger partial charge < -0.3 is 19.4 Å². The van der Waals surface area contributed by atoms with E-state index < -0.39 is 0 Å². The molecule has 0 radical (unpaired) electrons. The lowest BCUT2D eigenvalue weighted by molar-refractivity contribution is -0.876. The number of carbonyl (C=O) groups is 1. The number of quaternary nitrogens is 1. The summed E-state index contributed by atoms with van der Waals surface area (Å²) in [5.41, 5.74) is 5.27. The van der Waals surface area contributed by atoms with E-state index in [0.717, 1.165) is 102 Å². The van der Waals surface area contributed by atoms with Gasteiger partial charge in [-0.25, -0.2) is 4.98 Å². The number of rotatable bonds is 19. The molecule has 1 unspecified atom stereocenters. The largest absolute Gasteiger partial charge is 0.491 e. The second-order valence-electron chi connectivity index (χ2n) is 14.1. The normalized spacial score (nSPS) is 16.2. The van der Waals surface area contributed by atoms with E-state index in [1.165, 1.54) is 11.3 Å². The van der Waals surface area contributed by atoms with Crippen molar-refractivity contribution in [2.75, 3.05) is 38.2 Å². The molecule has 3 aromatic carbocycles. The molecule has 52 heavy (non-hydrogen) atoms. The molecular weight excluding hydrogens is 665 g/mol. The molecule has 1 N–H and O–H groups in total. The van der Waals surface area contributed by atoms with E-state index >= 15 is 0 Å². The zero-order valence-electron chi connectivity index (χ0n) is 31.6. The van der Waals surface area contributed by atoms with Crippen molar-refractivity contribution in [3.63, 3.8) is 0 Å². The predicted molar refractivity (Wildman–Crippen MR) is 215 cm³/mol. The Labute approximate surface area is 315 Å². The van der Waals surface area contributed by atoms with Gasteiger partial charge in [0.15, 0.2) is 0 Å². The Morgan fingerprint density at radius 2 is 1.73 bits per heavy atom. The number of unbranched alkanes of at least 4 members (excludes halogenated alkanes) is 1. The molecule has 0 fully saturated rings. The van der Waals surface area contributed by atoms with Gasteiger partial charge >= 0.3 is 0 Å². The number of aromatic nitrogens is 2. The van der Waals surface area contributed by atoms with Crippen molar-refractivity contribution < 1.29 is 18.8 Å². The Morgan fingerprint density at radius 3 is 2.46 bits per heavy atom. The Bertz CT molecular complexity index is 1730. The van der Waals surface area contributed by atoms with Crippen molar-refractivity contribution in [2.45, 2.75) is 83.5 Å². The third-order valence-electron chi connectivity index (χ3n) is 9.36. The van der Waals surface area contributed by atoms with Gasteiger partial charge in [0.05, 0.1) is 25.4 Å². The first kappa shape index (κ1) is 39.1. The second-order valence-corrected chi connectivity index (χ2v) is 15.1. The zero-order valence-corrected chi connectivity index (χ0v) is 32.4. The van der Waals surface area contributed by atoms with Crippen molar-refractivity contribution in [3.8, 4) is 5.75 Å². The molecule has 276 valence electrons. The van der Waals surface area contributed by atoms with Crippen LogP contribution in [0.3, 0.4) is 0 Å². The van der Waals surface area contributed by atoms with Gasteiger partial charge in [0.2, 0.25) is 0 Å². The van der Waals surface area contributed by atoms with Crippen molar-refractivity contribution in [3.05, 3.63) is 126 Å². The fourth-order valence-electron chi connectivity index (χ4n) is 6.93. The summed E-state index contributed by atoms with van der Waals surface area (Å²) < 4.78 is 14.7. The SMILES string of the molecule is CCCCOCCOc1ccc(C2=CC=C(C(=O)Nc3ccc(SCc4nccn4CCC)cc3)CCC[N+]2(Cc2ccccc2)CC(C)C)cc1. The monoisotopic (exact) mass is 721 g/mol. The van der Waals surface area contributed by atoms with Gasteiger partial charge in [-0.2, -0.15) is 0 Å². The van der Waals surface area contributed by atoms with Crippen molar-refractivity contribution in [1.82, 2.24) is 9.55 Å². The summed E-state index contributed by atoms with van der Waals surface area (Å²) in [6.45, 7) is 14.6. The van der Waals surface area contributed by atoms with E-state index in [2.05, 4.69) is 121 Å². The van der Waals surface area contributed by atoms with Gasteiger partial charge in [-0.05, 0) is 73.9 Å². The van der Waals surface area contributed by atoms with E-state index in [4.69, 9.17) is 9.47 Å². The summed E-state index contributed by atoms with van der Waals surface area (Å²) in [7, 11) is 0. The van der Waals surface area contributed by atoms with Crippen LogP contribution in [0.1, 0.15) is 76.8 Å². The van der Waals surface area contributed by atoms with Gasteiger partial charge in [-0.1, -0.05) is 64.4 Å². The van der Waals surface area contributed by atoms with Crippen molar-refractivity contribution in [2.24, 2.45) is 5.92 Å². The van der Waals surface area contributed by atoms with Gasteiger partial charge in [0.25, 0.3) is 5.91 Å². The third kappa shape index (κ3) is 11.4. The van der Waals surface area contributed by atoms with E-state index in [1.807, 2.05) is 24.5 Å². The van der Waals surface area contributed by atoms with E-state index in [9.17, 15) is 4.79 Å². The highest BCUT2D eigenvalue weighted by molar-refractivity contribution is 7.98. The fourth-order valence-corrected chi connectivity index (χ4v) is 7.80. The molecule has 5 rings (SSSR count). The highest BCUT2D eigenvalue weighted by atomic mass is 32.2. The number of nitrogens with one attached hydrogen (secondary N) is 1. The molecule has 1 aromatic heterocycles. The number of thioether (sulfide) groups is 1. The number of allylic oxidation sites excluding steroid dienone is 2. The quantitative estimate of drug-likeness (QED) is 0.0593. The maximum Gasteiger partial charge on any atom is 0.251 e. The predicted octanol–water partition coefficient (Wildman–Crippen LogP) is 10.2. The third-order valence-corrected chi connectivity index (χ3v) is 10.4. The number of hydrogen-bond donors (Lipinski definition) is 1. The van der Waals surface area contributed by atoms with Crippen LogP contribution in [0.2, 0.25) is 0 Å². The standard InChI is InChI=1S/C44H56N4O3S/c1-5-7-29-50-30-31-51-40-20-15-37(16-21-40)42-24-17-38(14-11-28-48(42,32-35(3)4)33-36-12-9-8-10-13-36)44(49)46-39-18-22-41(23-19-39)52-34-43-45-25-27-47(43)26-6-2/h8-10,12-13,15-25,27,35H,5-7,11,14,26,28-34H2,1-4H3/p+1. The maximum absolute atomic E-state index is 13.7. The molecule has 1 aliphatic heterocycles. The zero-order chi connectivity index (χ0) is 36.6. The number of imidazole rings is 1. The van der Waals surface area contributed by atoms with Crippen LogP contribution in [0.4, 0.5) is 5.69 Å². The van der Waals surface area contributed by atoms with Crippen LogP contribution < -0.4 is 10.1 Å². The molecular formula is C44H57N4O3S+. The number of ether oxygens (including phenoxy) is 2. The molecule has 8 heteroatoms. The van der Waals surface area contributed by atoms with Crippen molar-refractivity contribution >= 4 is 29.1 Å². The molecule has 1 aliphatic rings. The van der Waals surface area contributed by atoms with Gasteiger partial charge in [-0.3, -0.25) is 9.28 Å². The molecule has 1 atom stereocenters. The molecule has 0 spiro atoms. The molecule has 0 saturated heterocycles. The van der Waals surface area contributed by atoms with Crippen LogP contribution >= 0.6 is 11.8 Å². The highest BCUT2D eigenvalue weighted by Crippen LogP contribution is 2.36. The molecule has 7 nitrogen and oxygen atoms in total. The maximum atomic E-state index is 13.7. The number of aryl methyl sites for hydroxylation is 1. The molecule has 0 saturated carbocycles. The van der Waals surface area contributed by atoms with Crippen molar-refractivity contribution in [1.29, 1.82) is 0 Å². The Kier molecular flexibility index (Phi) is 15.2. The summed E-state index contributed by atoms with van der Waals surface area (Å²) >= 11 is 1.76. The lowest BCUT2D eigenvalue weighted by atomic mass is 9.97. The topological polar surface area (TPSA) is 65.4 Å². The van der Waals surface area contributed by atoms with Gasteiger partial charge in [0.1, 0.15) is 30.4 Å². The Hall–Kier alpha value is -4.11. The first-order chi connectivity index (χ1) is 25.4. The summed E-state index contributed by atoms with van der Waals surface area (Å²) in [5, 5.41) is 3.18. The summed E-state index contributed by atoms with van der Waals surface area (Å²) in [5.74, 6) is 3.16. The molecule has 0 bridgehead atoms. The smallest absolute Gasteiger partial charge is 0.251 e. The van der Waals surface area contributed by atoms with Gasteiger partial charge in [0, 0.05) is 71.2 Å². The molecule has 1 amide bonds. The number of hydrogen-bond acceptors (Lipinski definition) is 5. The number of carbonyl (C=O) groups excluding carboxylic acids is 1. The average Bonchev–Trinajstić information content (AvgIpc) is 3.59. The molecule has 2 heterocycles. The molecule has 0 aliphatic carbocycles. The average molecular weight is 722 g/mol. The van der Waals surface area contributed by atoms with E-state index in [1.54, 1.807) is 11.8 Å². The van der Waals surface area contributed by atoms with E-state index in [-0.39, 0.29) is 5.91 Å². The van der Waals surface area contributed by atoms with Crippen LogP contribution in [0.15, 0.2) is 114 Å². The summed E-state index contributed by atoms with van der Waals surface area (Å²) in [4.78, 5) is 19.4. The minimum absolute atomic E-state index is 0.0468. The lowest BCUT2D eigenvalue weighted by Crippen LogP contribution is -2.49. The Morgan fingerprint density at radius 1 is 0.942 bits per heavy atom. The number of amides is 1. The van der Waals surface area contributed by atoms with Gasteiger partial charge in [-0.15, -0.1) is 11.8 Å². The lowest BCUT2D eigenvalue weighted by Gasteiger charge is -2.42. The van der Waals surface area contributed by atoms with Crippen LogP contribution in [-0.4, -0.2) is 52.9 Å². The number of anilines is 1. The van der Waals surface area contributed by atoms with Crippen LogP contribution in [0.25, 0.3) is 5.70 Å². The Balaban J connectivity index is 1.35. The summed E-state index contributed by atoms with van der Waals surface area (Å²) in [6.07, 6.45) is 13.1. The first-order valence-corrected chi connectivity index (χ1v) is 20.0. The second kappa shape index (κ2) is 20.2. The first-order valence-electron chi connectivity index (χ1n) is 19.1. The van der Waals surface area contributed by atoms with Crippen LogP contribution in [0, 0.1) is 5.92 Å². The minimum Gasteiger partial charge on any atom is -0.491 e. The number of benzene rings is 3. The number of nitrogens with zero attached hydrogens (tertiary/aromatic N) is 3. The summed E-state index contributed by atoms with van der Waals surface area (Å²) in [6, 6.07) is 27.4. The fraction of sp³-hybridized carbons (Fsp3) is 0.409. The van der Waals surface area contributed by atoms with Crippen LogP contribution in [0.5, 0.6) is 5.75 Å². The minimum atomic E-state index is -0.0468.